The maximum absolute atomic E-state index is 5.80. The van der Waals surface area contributed by atoms with Crippen LogP contribution >= 0.6 is 11.6 Å². The normalized spacial score (nSPS) is 24.6. The minimum absolute atomic E-state index is 0.155. The maximum Gasteiger partial charge on any atom is 0.231 e. The standard InChI is InChI=1S/C11H18ClN5/c1-7-5-3-4-6-8(7)17(2)11-15-9(12)14-10(13)16-11/h7-8H,3-6H2,1-2H3,(H2,13,14,15,16). The van der Waals surface area contributed by atoms with Crippen LogP contribution in [0.15, 0.2) is 0 Å². The Morgan fingerprint density at radius 1 is 1.24 bits per heavy atom. The van der Waals surface area contributed by atoms with Gasteiger partial charge in [0.15, 0.2) is 0 Å². The molecule has 17 heavy (non-hydrogen) atoms. The first kappa shape index (κ1) is 12.4. The summed E-state index contributed by atoms with van der Waals surface area (Å²) in [5.74, 6) is 1.39. The second-order valence-electron chi connectivity index (χ2n) is 4.70. The van der Waals surface area contributed by atoms with Gasteiger partial charge in [-0.1, -0.05) is 19.8 Å². The second-order valence-corrected chi connectivity index (χ2v) is 5.04. The summed E-state index contributed by atoms with van der Waals surface area (Å²) in [6.45, 7) is 2.27. The topological polar surface area (TPSA) is 67.9 Å². The predicted octanol–water partition coefficient (Wildman–Crippen LogP) is 2.12. The van der Waals surface area contributed by atoms with E-state index in [0.29, 0.717) is 17.9 Å². The van der Waals surface area contributed by atoms with Crippen LogP contribution in [0.5, 0.6) is 0 Å². The first-order valence-corrected chi connectivity index (χ1v) is 6.35. The SMILES string of the molecule is CC1CCCCC1N(C)c1nc(N)nc(Cl)n1. The molecule has 5 nitrogen and oxygen atoms in total. The van der Waals surface area contributed by atoms with Crippen LogP contribution in [0.25, 0.3) is 0 Å². The Balaban J connectivity index is 2.20. The third-order valence-corrected chi connectivity index (χ3v) is 3.66. The molecule has 1 fully saturated rings. The molecule has 1 heterocycles. The van der Waals surface area contributed by atoms with Gasteiger partial charge in [-0.25, -0.2) is 0 Å². The van der Waals surface area contributed by atoms with Gasteiger partial charge in [-0.3, -0.25) is 0 Å². The molecule has 2 unspecified atom stereocenters. The number of nitrogens with zero attached hydrogens (tertiary/aromatic N) is 4. The van der Waals surface area contributed by atoms with Gasteiger partial charge in [-0.05, 0) is 30.4 Å². The summed E-state index contributed by atoms with van der Waals surface area (Å²) in [6.07, 6.45) is 4.99. The fourth-order valence-corrected chi connectivity index (χ4v) is 2.69. The lowest BCUT2D eigenvalue weighted by Gasteiger charge is -2.36. The van der Waals surface area contributed by atoms with E-state index < -0.39 is 0 Å². The zero-order valence-corrected chi connectivity index (χ0v) is 11.0. The summed E-state index contributed by atoms with van der Waals surface area (Å²) >= 11 is 5.80. The van der Waals surface area contributed by atoms with E-state index in [1.54, 1.807) is 0 Å². The van der Waals surface area contributed by atoms with Crippen LogP contribution in [0.4, 0.5) is 11.9 Å². The van der Waals surface area contributed by atoms with Crippen molar-refractivity contribution in [3.8, 4) is 0 Å². The molecule has 1 aliphatic rings. The van der Waals surface area contributed by atoms with E-state index in [4.69, 9.17) is 17.3 Å². The average Bonchev–Trinajstić information content (AvgIpc) is 2.27. The number of nitrogens with two attached hydrogens (primary N) is 1. The number of halogens is 1. The zero-order valence-electron chi connectivity index (χ0n) is 10.2. The molecule has 1 aromatic rings. The molecule has 1 aliphatic carbocycles. The average molecular weight is 256 g/mol. The third kappa shape index (κ3) is 2.77. The van der Waals surface area contributed by atoms with Crippen LogP contribution in [0.3, 0.4) is 0 Å². The molecule has 0 aromatic carbocycles. The van der Waals surface area contributed by atoms with Gasteiger partial charge in [0.2, 0.25) is 17.2 Å². The smallest absolute Gasteiger partial charge is 0.231 e. The minimum Gasteiger partial charge on any atom is -0.368 e. The Kier molecular flexibility index (Phi) is 3.66. The number of rotatable bonds is 2. The van der Waals surface area contributed by atoms with E-state index in [0.717, 1.165) is 0 Å². The van der Waals surface area contributed by atoms with E-state index in [2.05, 4.69) is 26.8 Å². The van der Waals surface area contributed by atoms with Crippen molar-refractivity contribution in [2.45, 2.75) is 38.6 Å². The van der Waals surface area contributed by atoms with Crippen molar-refractivity contribution in [2.75, 3.05) is 17.7 Å². The van der Waals surface area contributed by atoms with Crippen molar-refractivity contribution in [3.63, 3.8) is 0 Å². The summed E-state index contributed by atoms with van der Waals surface area (Å²) in [5.41, 5.74) is 5.59. The molecule has 94 valence electrons. The number of hydrogen-bond donors (Lipinski definition) is 1. The lowest BCUT2D eigenvalue weighted by molar-refractivity contribution is 0.319. The minimum atomic E-state index is 0.155. The van der Waals surface area contributed by atoms with Crippen molar-refractivity contribution in [1.29, 1.82) is 0 Å². The van der Waals surface area contributed by atoms with Gasteiger partial charge in [-0.2, -0.15) is 15.0 Å². The zero-order chi connectivity index (χ0) is 12.4. The molecule has 0 radical (unpaired) electrons. The highest BCUT2D eigenvalue weighted by molar-refractivity contribution is 6.28. The lowest BCUT2D eigenvalue weighted by Crippen LogP contribution is -2.40. The van der Waals surface area contributed by atoms with E-state index >= 15 is 0 Å². The summed E-state index contributed by atoms with van der Waals surface area (Å²) in [5, 5.41) is 0.155. The summed E-state index contributed by atoms with van der Waals surface area (Å²) in [7, 11) is 2.00. The summed E-state index contributed by atoms with van der Waals surface area (Å²) in [4.78, 5) is 14.1. The van der Waals surface area contributed by atoms with E-state index in [9.17, 15) is 0 Å². The van der Waals surface area contributed by atoms with Gasteiger partial charge in [0, 0.05) is 13.1 Å². The lowest BCUT2D eigenvalue weighted by atomic mass is 9.85. The number of aromatic nitrogens is 3. The van der Waals surface area contributed by atoms with Crippen molar-refractivity contribution in [3.05, 3.63) is 5.28 Å². The molecule has 0 aliphatic heterocycles. The van der Waals surface area contributed by atoms with Gasteiger partial charge in [0.05, 0.1) is 0 Å². The van der Waals surface area contributed by atoms with Crippen LogP contribution in [-0.2, 0) is 0 Å². The van der Waals surface area contributed by atoms with Crippen LogP contribution in [0, 0.1) is 5.92 Å². The van der Waals surface area contributed by atoms with Crippen LogP contribution in [0.2, 0.25) is 5.28 Å². The second kappa shape index (κ2) is 5.04. The molecule has 1 aromatic heterocycles. The van der Waals surface area contributed by atoms with Crippen molar-refractivity contribution in [2.24, 2.45) is 5.92 Å². The van der Waals surface area contributed by atoms with Gasteiger partial charge in [-0.15, -0.1) is 0 Å². The summed E-state index contributed by atoms with van der Waals surface area (Å²) in [6, 6.07) is 0.460. The highest BCUT2D eigenvalue weighted by atomic mass is 35.5. The first-order valence-electron chi connectivity index (χ1n) is 5.98. The van der Waals surface area contributed by atoms with Crippen molar-refractivity contribution < 1.29 is 0 Å². The van der Waals surface area contributed by atoms with Gasteiger partial charge < -0.3 is 10.6 Å². The van der Waals surface area contributed by atoms with Crippen LogP contribution in [0.1, 0.15) is 32.6 Å². The molecular formula is C11H18ClN5. The third-order valence-electron chi connectivity index (χ3n) is 3.49. The molecular weight excluding hydrogens is 238 g/mol. The van der Waals surface area contributed by atoms with Gasteiger partial charge in [0.1, 0.15) is 0 Å². The van der Waals surface area contributed by atoms with E-state index in [-0.39, 0.29) is 11.2 Å². The number of nitrogen functional groups attached to an aromatic ring is 1. The van der Waals surface area contributed by atoms with E-state index in [1.165, 1.54) is 25.7 Å². The highest BCUT2D eigenvalue weighted by Crippen LogP contribution is 2.29. The maximum atomic E-state index is 5.80. The predicted molar refractivity (Wildman–Crippen MR) is 69.1 cm³/mol. The van der Waals surface area contributed by atoms with Gasteiger partial charge >= 0.3 is 0 Å². The molecule has 0 saturated heterocycles. The fraction of sp³-hybridized carbons (Fsp3) is 0.727. The Hall–Kier alpha value is -1.10. The van der Waals surface area contributed by atoms with E-state index in [1.807, 2.05) is 7.05 Å². The molecule has 2 rings (SSSR count). The Labute approximate surface area is 106 Å². The van der Waals surface area contributed by atoms with Crippen LogP contribution in [-0.4, -0.2) is 28.0 Å². The monoisotopic (exact) mass is 255 g/mol. The molecule has 2 atom stereocenters. The Morgan fingerprint density at radius 3 is 2.59 bits per heavy atom. The van der Waals surface area contributed by atoms with Crippen LogP contribution < -0.4 is 10.6 Å². The molecule has 6 heteroatoms. The van der Waals surface area contributed by atoms with Gasteiger partial charge in [0.25, 0.3) is 0 Å². The Bertz CT molecular complexity index is 377. The molecule has 1 saturated carbocycles. The quantitative estimate of drug-likeness (QED) is 0.877. The van der Waals surface area contributed by atoms with Crippen molar-refractivity contribution in [1.82, 2.24) is 15.0 Å². The fourth-order valence-electron chi connectivity index (χ4n) is 2.53. The van der Waals surface area contributed by atoms with Crippen molar-refractivity contribution >= 4 is 23.5 Å². The molecule has 2 N–H and O–H groups in total. The largest absolute Gasteiger partial charge is 0.368 e. The number of anilines is 2. The first-order chi connectivity index (χ1) is 8.08. The number of hydrogen-bond acceptors (Lipinski definition) is 5. The Morgan fingerprint density at radius 2 is 1.94 bits per heavy atom. The highest BCUT2D eigenvalue weighted by Gasteiger charge is 2.26. The molecule has 0 bridgehead atoms. The molecule has 0 amide bonds. The summed E-state index contributed by atoms with van der Waals surface area (Å²) < 4.78 is 0. The molecule has 0 spiro atoms.